The van der Waals surface area contributed by atoms with Gasteiger partial charge in [0.15, 0.2) is 6.23 Å². The minimum atomic E-state index is -0.126. The number of benzene rings is 1. The minimum Gasteiger partial charge on any atom is -0.361 e. The first kappa shape index (κ1) is 20.9. The van der Waals surface area contributed by atoms with E-state index in [4.69, 9.17) is 9.47 Å². The summed E-state index contributed by atoms with van der Waals surface area (Å²) in [5.74, 6) is 0. The fraction of sp³-hybridized carbons (Fsp3) is 0.636. The van der Waals surface area contributed by atoms with E-state index in [-0.39, 0.29) is 18.0 Å². The summed E-state index contributed by atoms with van der Waals surface area (Å²) in [6, 6.07) is 8.47. The Bertz CT molecular complexity index is 592. The van der Waals surface area contributed by atoms with Crippen molar-refractivity contribution >= 4 is 6.08 Å². The smallest absolute Gasteiger partial charge is 0.154 e. The van der Waals surface area contributed by atoms with Crippen LogP contribution in [0.15, 0.2) is 30.0 Å². The number of allylic oxidation sites excluding steroid dienone is 1. The van der Waals surface area contributed by atoms with Crippen LogP contribution < -0.4 is 5.32 Å². The number of hydrogen-bond donors (Lipinski definition) is 1. The second kappa shape index (κ2) is 9.54. The van der Waals surface area contributed by atoms with Crippen molar-refractivity contribution in [2.45, 2.75) is 71.9 Å². The fourth-order valence-electron chi connectivity index (χ4n) is 3.07. The highest BCUT2D eigenvalue weighted by Crippen LogP contribution is 2.29. The minimum absolute atomic E-state index is 0.0211. The van der Waals surface area contributed by atoms with Gasteiger partial charge >= 0.3 is 0 Å². The van der Waals surface area contributed by atoms with Gasteiger partial charge in [-0.1, -0.05) is 37.6 Å². The van der Waals surface area contributed by atoms with Crippen molar-refractivity contribution in [1.29, 1.82) is 0 Å². The van der Waals surface area contributed by atoms with Gasteiger partial charge in [0.25, 0.3) is 0 Å². The zero-order valence-electron chi connectivity index (χ0n) is 17.3. The van der Waals surface area contributed by atoms with Crippen LogP contribution in [0.5, 0.6) is 0 Å². The molecule has 1 heterocycles. The van der Waals surface area contributed by atoms with Gasteiger partial charge in [-0.15, -0.1) is 0 Å². The number of unbranched alkanes of at least 4 members (excludes halogenated alkanes) is 1. The molecule has 0 saturated carbocycles. The Morgan fingerprint density at radius 1 is 1.19 bits per heavy atom. The summed E-state index contributed by atoms with van der Waals surface area (Å²) in [7, 11) is 2.10. The molecule has 0 aromatic heterocycles. The maximum Gasteiger partial charge on any atom is 0.154 e. The van der Waals surface area contributed by atoms with E-state index in [9.17, 15) is 0 Å². The molecule has 0 fully saturated rings. The second-order valence-corrected chi connectivity index (χ2v) is 7.95. The van der Waals surface area contributed by atoms with Crippen LogP contribution in [-0.4, -0.2) is 36.9 Å². The van der Waals surface area contributed by atoms with Gasteiger partial charge in [0.2, 0.25) is 0 Å². The molecule has 0 saturated heterocycles. The quantitative estimate of drug-likeness (QED) is 0.633. The fourth-order valence-corrected chi connectivity index (χ4v) is 3.07. The molecule has 0 aliphatic carbocycles. The van der Waals surface area contributed by atoms with Gasteiger partial charge < -0.3 is 14.8 Å². The maximum absolute atomic E-state index is 6.33. The third kappa shape index (κ3) is 5.57. The Morgan fingerprint density at radius 3 is 2.58 bits per heavy atom. The maximum atomic E-state index is 6.33. The normalized spacial score (nSPS) is 18.3. The molecule has 146 valence electrons. The molecule has 1 aromatic carbocycles. The molecule has 0 spiro atoms. The van der Waals surface area contributed by atoms with Crippen LogP contribution >= 0.6 is 0 Å². The van der Waals surface area contributed by atoms with Gasteiger partial charge in [-0.25, -0.2) is 0 Å². The third-order valence-electron chi connectivity index (χ3n) is 4.98. The Morgan fingerprint density at radius 2 is 1.92 bits per heavy atom. The highest BCUT2D eigenvalue weighted by atomic mass is 16.6. The van der Waals surface area contributed by atoms with Crippen molar-refractivity contribution in [3.63, 3.8) is 0 Å². The van der Waals surface area contributed by atoms with Crippen molar-refractivity contribution < 1.29 is 9.47 Å². The first-order valence-electron chi connectivity index (χ1n) is 9.89. The zero-order chi connectivity index (χ0) is 19.2. The summed E-state index contributed by atoms with van der Waals surface area (Å²) in [5.41, 5.74) is 3.72. The van der Waals surface area contributed by atoms with Crippen LogP contribution in [0.3, 0.4) is 0 Å². The Balaban J connectivity index is 2.10. The molecule has 0 amide bonds. The number of ether oxygens (including phenoxy) is 2. The lowest BCUT2D eigenvalue weighted by Crippen LogP contribution is -2.49. The predicted octanol–water partition coefficient (Wildman–Crippen LogP) is 4.93. The molecule has 4 nitrogen and oxygen atoms in total. The van der Waals surface area contributed by atoms with Crippen LogP contribution in [0, 0.1) is 0 Å². The van der Waals surface area contributed by atoms with Crippen molar-refractivity contribution in [2.24, 2.45) is 0 Å². The summed E-state index contributed by atoms with van der Waals surface area (Å²) >= 11 is 0. The highest BCUT2D eigenvalue weighted by molar-refractivity contribution is 5.59. The number of hydrogen-bond acceptors (Lipinski definition) is 4. The van der Waals surface area contributed by atoms with E-state index < -0.39 is 0 Å². The molecular weight excluding hydrogens is 324 g/mol. The Labute approximate surface area is 159 Å². The summed E-state index contributed by atoms with van der Waals surface area (Å²) in [6.45, 7) is 12.0. The molecular formula is C22H36N2O2. The van der Waals surface area contributed by atoms with Gasteiger partial charge in [-0.2, -0.15) is 0 Å². The molecule has 26 heavy (non-hydrogen) atoms. The topological polar surface area (TPSA) is 33.7 Å². The van der Waals surface area contributed by atoms with E-state index in [0.717, 1.165) is 6.42 Å². The summed E-state index contributed by atoms with van der Waals surface area (Å²) in [6.07, 6.45) is 5.49. The number of nitrogens with one attached hydrogen (secondary N) is 1. The van der Waals surface area contributed by atoms with Crippen molar-refractivity contribution in [3.8, 4) is 0 Å². The molecule has 1 aliphatic heterocycles. The van der Waals surface area contributed by atoms with E-state index in [2.05, 4.69) is 75.3 Å². The van der Waals surface area contributed by atoms with E-state index in [1.165, 1.54) is 29.7 Å². The summed E-state index contributed by atoms with van der Waals surface area (Å²) < 4.78 is 12.3. The van der Waals surface area contributed by atoms with Crippen molar-refractivity contribution in [1.82, 2.24) is 10.2 Å². The molecule has 0 bridgehead atoms. The lowest BCUT2D eigenvalue weighted by molar-refractivity contribution is -0.133. The average Bonchev–Trinajstić information content (AvgIpc) is 2.61. The number of nitrogens with zero attached hydrogens (tertiary/aromatic N) is 1. The van der Waals surface area contributed by atoms with Crippen LogP contribution in [-0.2, 0) is 9.47 Å². The van der Waals surface area contributed by atoms with Gasteiger partial charge in [-0.05, 0) is 59.2 Å². The lowest BCUT2D eigenvalue weighted by Gasteiger charge is -2.39. The first-order valence-corrected chi connectivity index (χ1v) is 9.89. The zero-order valence-corrected chi connectivity index (χ0v) is 17.3. The van der Waals surface area contributed by atoms with E-state index in [1.807, 2.05) is 6.92 Å². The van der Waals surface area contributed by atoms with Crippen molar-refractivity contribution in [3.05, 3.63) is 41.1 Å². The average molecular weight is 361 g/mol. The van der Waals surface area contributed by atoms with Crippen LogP contribution in [0.2, 0.25) is 0 Å². The van der Waals surface area contributed by atoms with E-state index in [1.54, 1.807) is 0 Å². The lowest BCUT2D eigenvalue weighted by atomic mass is 9.99. The third-order valence-corrected chi connectivity index (χ3v) is 4.98. The highest BCUT2D eigenvalue weighted by Gasteiger charge is 2.28. The summed E-state index contributed by atoms with van der Waals surface area (Å²) in [5, 5.41) is 3.58. The largest absolute Gasteiger partial charge is 0.361 e. The molecule has 1 N–H and O–H groups in total. The second-order valence-electron chi connectivity index (χ2n) is 7.95. The van der Waals surface area contributed by atoms with Gasteiger partial charge in [0.1, 0.15) is 6.23 Å². The van der Waals surface area contributed by atoms with Crippen molar-refractivity contribution in [2.75, 3.05) is 20.3 Å². The summed E-state index contributed by atoms with van der Waals surface area (Å²) in [4.78, 5) is 2.24. The molecule has 0 radical (unpaired) electrons. The number of rotatable bonds is 9. The predicted molar refractivity (Wildman–Crippen MR) is 109 cm³/mol. The molecule has 2 unspecified atom stereocenters. The van der Waals surface area contributed by atoms with E-state index in [0.29, 0.717) is 13.2 Å². The van der Waals surface area contributed by atoms with Crippen LogP contribution in [0.25, 0.3) is 6.08 Å². The molecule has 4 heteroatoms. The van der Waals surface area contributed by atoms with Gasteiger partial charge in [-0.3, -0.25) is 4.90 Å². The number of likely N-dealkylation sites (N-methyl/N-ethyl adjacent to an activating group) is 1. The van der Waals surface area contributed by atoms with Gasteiger partial charge in [0, 0.05) is 23.4 Å². The first-order chi connectivity index (χ1) is 12.4. The Kier molecular flexibility index (Phi) is 7.69. The van der Waals surface area contributed by atoms with Crippen LogP contribution in [0.4, 0.5) is 0 Å². The standard InChI is InChI=1S/C22H36N2O2/c1-7-9-13-18-15-17-12-10-11-14-19(17)21(23-18)26-16-20(25-8-2)24(6)22(3,4)5/h10-12,14-15,20-21,23H,7-9,13,16H2,1-6H3. The van der Waals surface area contributed by atoms with Gasteiger partial charge in [0.05, 0.1) is 6.61 Å². The monoisotopic (exact) mass is 360 g/mol. The molecule has 2 rings (SSSR count). The van der Waals surface area contributed by atoms with Crippen LogP contribution in [0.1, 0.15) is 71.2 Å². The number of fused-ring (bicyclic) bond motifs is 1. The Hall–Kier alpha value is -1.36. The SMILES string of the molecule is CCCCC1=Cc2ccccc2C(OCC(OCC)N(C)C(C)(C)C)N1. The molecule has 1 aliphatic rings. The molecule has 2 atom stereocenters. The molecule has 1 aromatic rings. The van der Waals surface area contributed by atoms with E-state index >= 15 is 0 Å².